The molecule has 1 amide bonds. The van der Waals surface area contributed by atoms with Crippen LogP contribution in [0.5, 0.6) is 5.75 Å². The predicted molar refractivity (Wildman–Crippen MR) is 113 cm³/mol. The standard InChI is InChI=1S/C23H27ClN2O3/c1-23(2,3)29-22(27)26-16-7-10-20(26)18(12-16)15-11-19(21(24)25-13-15)14-5-8-17(28-4)9-6-14/h5-6,8-9,11,13,16,18,20H,7,10,12H2,1-4H3/t16-,18+,20+/m0/s1. The van der Waals surface area contributed by atoms with Crippen LogP contribution in [0.15, 0.2) is 36.5 Å². The first-order chi connectivity index (χ1) is 13.8. The van der Waals surface area contributed by atoms with Crippen LogP contribution in [0.3, 0.4) is 0 Å². The number of rotatable bonds is 3. The van der Waals surface area contributed by atoms with Gasteiger partial charge in [-0.15, -0.1) is 0 Å². The summed E-state index contributed by atoms with van der Waals surface area (Å²) in [6, 6.07) is 10.3. The summed E-state index contributed by atoms with van der Waals surface area (Å²) in [5, 5.41) is 0.478. The third-order valence-corrected chi connectivity index (χ3v) is 6.13. The highest BCUT2D eigenvalue weighted by Gasteiger charge is 2.50. The molecule has 0 unspecified atom stereocenters. The molecule has 2 aliphatic heterocycles. The number of ether oxygens (including phenoxy) is 2. The second kappa shape index (κ2) is 7.52. The number of hydrogen-bond acceptors (Lipinski definition) is 4. The van der Waals surface area contributed by atoms with Crippen molar-refractivity contribution >= 4 is 17.7 Å². The molecule has 3 atom stereocenters. The molecule has 0 spiro atoms. The fraction of sp³-hybridized carbons (Fsp3) is 0.478. The maximum atomic E-state index is 12.8. The van der Waals surface area contributed by atoms with E-state index >= 15 is 0 Å². The Morgan fingerprint density at radius 3 is 2.59 bits per heavy atom. The van der Waals surface area contributed by atoms with E-state index in [9.17, 15) is 4.79 Å². The maximum absolute atomic E-state index is 12.8. The molecule has 2 saturated heterocycles. The average molecular weight is 415 g/mol. The predicted octanol–water partition coefficient (Wildman–Crippen LogP) is 5.67. The smallest absolute Gasteiger partial charge is 0.410 e. The molecule has 2 fully saturated rings. The van der Waals surface area contributed by atoms with Gasteiger partial charge in [0, 0.05) is 29.8 Å². The van der Waals surface area contributed by atoms with E-state index in [0.717, 1.165) is 41.7 Å². The highest BCUT2D eigenvalue weighted by atomic mass is 35.5. The fourth-order valence-electron chi connectivity index (χ4n) is 4.59. The summed E-state index contributed by atoms with van der Waals surface area (Å²) in [6.07, 6.45) is 4.62. The average Bonchev–Trinajstić information content (AvgIpc) is 3.25. The van der Waals surface area contributed by atoms with E-state index in [-0.39, 0.29) is 24.1 Å². The van der Waals surface area contributed by atoms with Gasteiger partial charge in [0.05, 0.1) is 7.11 Å². The van der Waals surface area contributed by atoms with Crippen LogP contribution in [-0.2, 0) is 4.74 Å². The number of carbonyl (C=O) groups is 1. The van der Waals surface area contributed by atoms with Crippen molar-refractivity contribution in [3.05, 3.63) is 47.2 Å². The third-order valence-electron chi connectivity index (χ3n) is 5.83. The normalized spacial score (nSPS) is 23.3. The first-order valence-corrected chi connectivity index (χ1v) is 10.5. The minimum atomic E-state index is -0.488. The van der Waals surface area contributed by atoms with Gasteiger partial charge in [-0.05, 0) is 69.4 Å². The second-order valence-corrected chi connectivity index (χ2v) is 9.22. The van der Waals surface area contributed by atoms with Crippen molar-refractivity contribution in [3.63, 3.8) is 0 Å². The lowest BCUT2D eigenvalue weighted by Gasteiger charge is -2.28. The molecule has 29 heavy (non-hydrogen) atoms. The quantitative estimate of drug-likeness (QED) is 0.607. The monoisotopic (exact) mass is 414 g/mol. The van der Waals surface area contributed by atoms with E-state index in [1.54, 1.807) is 7.11 Å². The van der Waals surface area contributed by atoms with Crippen molar-refractivity contribution in [2.75, 3.05) is 7.11 Å². The Morgan fingerprint density at radius 2 is 1.93 bits per heavy atom. The van der Waals surface area contributed by atoms with Gasteiger partial charge in [-0.25, -0.2) is 9.78 Å². The molecule has 4 rings (SSSR count). The zero-order chi connectivity index (χ0) is 20.8. The third kappa shape index (κ3) is 3.93. The summed E-state index contributed by atoms with van der Waals surface area (Å²) in [4.78, 5) is 19.2. The molecule has 1 aromatic heterocycles. The highest BCUT2D eigenvalue weighted by Crippen LogP contribution is 2.48. The summed E-state index contributed by atoms with van der Waals surface area (Å²) in [5.74, 6) is 1.05. The van der Waals surface area contributed by atoms with Crippen LogP contribution in [-0.4, -0.2) is 40.8 Å². The molecular weight excluding hydrogens is 388 g/mol. The number of fused-ring (bicyclic) bond motifs is 2. The minimum Gasteiger partial charge on any atom is -0.497 e. The van der Waals surface area contributed by atoms with Gasteiger partial charge < -0.3 is 14.4 Å². The molecule has 1 aromatic carbocycles. The molecule has 3 heterocycles. The van der Waals surface area contributed by atoms with Crippen LogP contribution in [0.4, 0.5) is 4.79 Å². The van der Waals surface area contributed by atoms with Gasteiger partial charge in [-0.1, -0.05) is 23.7 Å². The van der Waals surface area contributed by atoms with Gasteiger partial charge >= 0.3 is 6.09 Å². The summed E-state index contributed by atoms with van der Waals surface area (Å²) in [6.45, 7) is 5.72. The van der Waals surface area contributed by atoms with E-state index in [1.807, 2.05) is 56.1 Å². The number of nitrogens with zero attached hydrogens (tertiary/aromatic N) is 2. The molecule has 5 nitrogen and oxygen atoms in total. The van der Waals surface area contributed by atoms with Crippen molar-refractivity contribution in [2.45, 2.75) is 63.6 Å². The molecule has 0 saturated carbocycles. The molecule has 0 N–H and O–H groups in total. The van der Waals surface area contributed by atoms with Crippen LogP contribution >= 0.6 is 11.6 Å². The Kier molecular flexibility index (Phi) is 5.19. The topological polar surface area (TPSA) is 51.7 Å². The van der Waals surface area contributed by atoms with Crippen molar-refractivity contribution in [2.24, 2.45) is 0 Å². The Bertz CT molecular complexity index is 907. The van der Waals surface area contributed by atoms with Crippen LogP contribution in [0.2, 0.25) is 5.15 Å². The summed E-state index contributed by atoms with van der Waals surface area (Å²) >= 11 is 6.41. The van der Waals surface area contributed by atoms with Gasteiger partial charge in [0.2, 0.25) is 0 Å². The van der Waals surface area contributed by atoms with Crippen molar-refractivity contribution in [1.82, 2.24) is 9.88 Å². The summed E-state index contributed by atoms with van der Waals surface area (Å²) in [7, 11) is 1.65. The van der Waals surface area contributed by atoms with Gasteiger partial charge in [0.25, 0.3) is 0 Å². The molecule has 0 aliphatic carbocycles. The van der Waals surface area contributed by atoms with E-state index in [1.165, 1.54) is 0 Å². The van der Waals surface area contributed by atoms with Gasteiger partial charge in [0.1, 0.15) is 16.5 Å². The zero-order valence-electron chi connectivity index (χ0n) is 17.3. The molecule has 0 radical (unpaired) electrons. The SMILES string of the molecule is COc1ccc(-c2cc([C@H]3C[C@@H]4CC[C@H]3N4C(=O)OC(C)(C)C)cnc2Cl)cc1. The lowest BCUT2D eigenvalue weighted by Crippen LogP contribution is -2.40. The summed E-state index contributed by atoms with van der Waals surface area (Å²) in [5.41, 5.74) is 2.54. The Morgan fingerprint density at radius 1 is 1.21 bits per heavy atom. The fourth-order valence-corrected chi connectivity index (χ4v) is 4.80. The van der Waals surface area contributed by atoms with E-state index in [0.29, 0.717) is 5.15 Å². The van der Waals surface area contributed by atoms with Crippen molar-refractivity contribution in [1.29, 1.82) is 0 Å². The van der Waals surface area contributed by atoms with Crippen molar-refractivity contribution in [3.8, 4) is 16.9 Å². The molecule has 6 heteroatoms. The van der Waals surface area contributed by atoms with Crippen LogP contribution in [0, 0.1) is 0 Å². The number of halogens is 1. The van der Waals surface area contributed by atoms with Crippen molar-refractivity contribution < 1.29 is 14.3 Å². The molecule has 2 bridgehead atoms. The van der Waals surface area contributed by atoms with Gasteiger partial charge in [-0.3, -0.25) is 0 Å². The van der Waals surface area contributed by atoms with E-state index in [4.69, 9.17) is 21.1 Å². The Balaban J connectivity index is 1.60. The number of amides is 1. The Labute approximate surface area is 177 Å². The molecule has 154 valence electrons. The molecular formula is C23H27ClN2O3. The van der Waals surface area contributed by atoms with Crippen LogP contribution < -0.4 is 4.74 Å². The van der Waals surface area contributed by atoms with Crippen LogP contribution in [0.1, 0.15) is 51.5 Å². The molecule has 2 aliphatic rings. The number of aromatic nitrogens is 1. The molecule has 2 aromatic rings. The zero-order valence-corrected chi connectivity index (χ0v) is 18.1. The van der Waals surface area contributed by atoms with E-state index in [2.05, 4.69) is 11.1 Å². The van der Waals surface area contributed by atoms with Gasteiger partial charge in [0.15, 0.2) is 0 Å². The Hall–Kier alpha value is -2.27. The van der Waals surface area contributed by atoms with Gasteiger partial charge in [-0.2, -0.15) is 0 Å². The highest BCUT2D eigenvalue weighted by molar-refractivity contribution is 6.32. The number of benzene rings is 1. The number of carbonyl (C=O) groups excluding carboxylic acids is 1. The first-order valence-electron chi connectivity index (χ1n) is 10.1. The summed E-state index contributed by atoms with van der Waals surface area (Å²) < 4.78 is 10.9. The number of pyridine rings is 1. The maximum Gasteiger partial charge on any atom is 0.410 e. The number of hydrogen-bond donors (Lipinski definition) is 0. The second-order valence-electron chi connectivity index (χ2n) is 8.86. The number of methoxy groups -OCH3 is 1. The lowest BCUT2D eigenvalue weighted by atomic mass is 9.84. The van der Waals surface area contributed by atoms with Crippen LogP contribution in [0.25, 0.3) is 11.1 Å². The minimum absolute atomic E-state index is 0.154. The largest absolute Gasteiger partial charge is 0.497 e. The lowest BCUT2D eigenvalue weighted by molar-refractivity contribution is 0.0213. The first kappa shape index (κ1) is 20.0. The van der Waals surface area contributed by atoms with E-state index < -0.39 is 5.60 Å².